The van der Waals surface area contributed by atoms with Gasteiger partial charge in [0.05, 0.1) is 62.2 Å². The van der Waals surface area contributed by atoms with E-state index in [1.165, 1.54) is 38.5 Å². The minimum atomic E-state index is 0.116. The summed E-state index contributed by atoms with van der Waals surface area (Å²) in [5.41, 5.74) is 19.8. The van der Waals surface area contributed by atoms with Gasteiger partial charge in [-0.25, -0.2) is 0 Å². The Labute approximate surface area is 556 Å². The molecular weight excluding hydrogens is 1170 g/mol. The molecule has 0 spiro atoms. The summed E-state index contributed by atoms with van der Waals surface area (Å²) in [5.74, 6) is 0.121. The van der Waals surface area contributed by atoms with Crippen molar-refractivity contribution in [2.45, 2.75) is 12.0 Å². The topological polar surface area (TPSA) is 22.8 Å². The molecule has 2 aliphatic rings. The van der Waals surface area contributed by atoms with Gasteiger partial charge in [0.1, 0.15) is 0 Å². The molecule has 0 saturated heterocycles. The fraction of sp³-hybridized carbons (Fsp3) is 0.0222. The third kappa shape index (κ3) is 8.94. The Morgan fingerprint density at radius 1 is 0.240 bits per heavy atom. The average Bonchev–Trinajstić information content (AvgIpc) is 1.55. The number of nitrogens with zero attached hydrogens (tertiary/aromatic N) is 6. The second-order valence-corrected chi connectivity index (χ2v) is 25.2. The summed E-state index contributed by atoms with van der Waals surface area (Å²) in [6, 6.07) is 126. The molecule has 0 amide bonds. The van der Waals surface area contributed by atoms with Crippen LogP contribution in [-0.2, 0) is 0 Å². The normalized spacial score (nSPS) is 14.1. The fourth-order valence-corrected chi connectivity index (χ4v) is 15.7. The first kappa shape index (κ1) is 55.0. The van der Waals surface area contributed by atoms with Crippen LogP contribution in [0.4, 0.5) is 62.6 Å². The van der Waals surface area contributed by atoms with Crippen LogP contribution in [-0.4, -0.2) is 15.2 Å². The van der Waals surface area contributed by atoms with Gasteiger partial charge in [0.15, 0.2) is 0 Å². The second kappa shape index (κ2) is 22.6. The lowest BCUT2D eigenvalue weighted by Gasteiger charge is -2.34. The lowest BCUT2D eigenvalue weighted by molar-refractivity contribution is 0.745. The number of rotatable bonds is 12. The van der Waals surface area contributed by atoms with E-state index < -0.39 is 0 Å². The largest absolute Gasteiger partial charge is 0.333 e. The van der Waals surface area contributed by atoms with Gasteiger partial charge >= 0.3 is 0 Å². The van der Waals surface area contributed by atoms with E-state index in [0.29, 0.717) is 0 Å². The molecule has 3 heterocycles. The summed E-state index contributed by atoms with van der Waals surface area (Å²) >= 11 is 0. The zero-order valence-corrected chi connectivity index (χ0v) is 52.5. The first-order valence-corrected chi connectivity index (χ1v) is 33.1. The highest BCUT2D eigenvalue weighted by molar-refractivity contribution is 6.14. The molecule has 96 heavy (non-hydrogen) atoms. The van der Waals surface area contributed by atoms with Crippen molar-refractivity contribution in [3.63, 3.8) is 0 Å². The fourth-order valence-electron chi connectivity index (χ4n) is 15.7. The van der Waals surface area contributed by atoms with Gasteiger partial charge in [-0.1, -0.05) is 224 Å². The van der Waals surface area contributed by atoms with Gasteiger partial charge in [-0.15, -0.1) is 0 Å². The first-order chi connectivity index (χ1) is 47.6. The number of benzene rings is 15. The molecule has 2 aromatic heterocycles. The van der Waals surface area contributed by atoms with Crippen LogP contribution in [0.1, 0.15) is 11.5 Å². The summed E-state index contributed by atoms with van der Waals surface area (Å²) in [6.45, 7) is 0. The molecule has 0 radical (unpaired) electrons. The molecule has 0 bridgehead atoms. The van der Waals surface area contributed by atoms with E-state index in [-0.39, 0.29) is 12.0 Å². The van der Waals surface area contributed by atoms with Crippen LogP contribution >= 0.6 is 0 Å². The highest BCUT2D eigenvalue weighted by Gasteiger charge is 2.38. The van der Waals surface area contributed by atoms with Crippen molar-refractivity contribution in [1.29, 1.82) is 0 Å². The van der Waals surface area contributed by atoms with E-state index in [4.69, 9.17) is 0 Å². The van der Waals surface area contributed by atoms with Gasteiger partial charge in [0, 0.05) is 83.4 Å². The molecule has 0 fully saturated rings. The Hall–Kier alpha value is -12.6. The van der Waals surface area contributed by atoms with Crippen LogP contribution in [0.2, 0.25) is 0 Å². The maximum Gasteiger partial charge on any atom is 0.0629 e. The second-order valence-electron chi connectivity index (χ2n) is 25.2. The van der Waals surface area contributed by atoms with Crippen molar-refractivity contribution in [2.24, 2.45) is 0 Å². The lowest BCUT2D eigenvalue weighted by Crippen LogP contribution is -2.28. The zero-order valence-electron chi connectivity index (χ0n) is 52.5. The van der Waals surface area contributed by atoms with Gasteiger partial charge in [-0.3, -0.25) is 0 Å². The molecule has 452 valence electrons. The van der Waals surface area contributed by atoms with E-state index in [1.807, 2.05) is 0 Å². The molecule has 1 aliphatic heterocycles. The van der Waals surface area contributed by atoms with Crippen molar-refractivity contribution >= 4 is 138 Å². The van der Waals surface area contributed by atoms with Crippen molar-refractivity contribution in [2.75, 3.05) is 19.6 Å². The lowest BCUT2D eigenvalue weighted by atomic mass is 9.91. The number of hydrogen-bond donors (Lipinski definition) is 0. The van der Waals surface area contributed by atoms with Crippen molar-refractivity contribution in [3.8, 4) is 11.4 Å². The van der Waals surface area contributed by atoms with E-state index in [1.54, 1.807) is 0 Å². The van der Waals surface area contributed by atoms with E-state index in [0.717, 1.165) is 117 Å². The maximum atomic E-state index is 2.54. The number of para-hydroxylation sites is 5. The third-order valence-corrected chi connectivity index (χ3v) is 19.9. The Bertz CT molecular complexity index is 5690. The molecule has 6 heteroatoms. The highest BCUT2D eigenvalue weighted by Crippen LogP contribution is 2.54. The number of aromatic nitrogens is 2. The molecule has 6 nitrogen and oxygen atoms in total. The summed E-state index contributed by atoms with van der Waals surface area (Å²) in [6.07, 6.45) is 9.19. The van der Waals surface area contributed by atoms with Crippen molar-refractivity contribution < 1.29 is 0 Å². The van der Waals surface area contributed by atoms with E-state index in [2.05, 4.69) is 393 Å². The number of anilines is 11. The molecule has 1 aliphatic carbocycles. The van der Waals surface area contributed by atoms with Gasteiger partial charge in [-0.2, -0.15) is 0 Å². The minimum Gasteiger partial charge on any atom is -0.333 e. The van der Waals surface area contributed by atoms with Crippen molar-refractivity contribution in [1.82, 2.24) is 9.13 Å². The highest BCUT2D eigenvalue weighted by atomic mass is 15.2. The van der Waals surface area contributed by atoms with Crippen LogP contribution in [0.5, 0.6) is 0 Å². The molecule has 0 N–H and O–H groups in total. The Kier molecular flexibility index (Phi) is 12.9. The van der Waals surface area contributed by atoms with Crippen molar-refractivity contribution in [3.05, 3.63) is 370 Å². The van der Waals surface area contributed by atoms with Gasteiger partial charge in [-0.05, 0) is 161 Å². The molecule has 0 saturated carbocycles. The Balaban J connectivity index is 0.929. The maximum absolute atomic E-state index is 2.54. The Morgan fingerprint density at radius 3 is 1.05 bits per heavy atom. The number of hydrogen-bond acceptors (Lipinski definition) is 4. The molecule has 17 aromatic rings. The Morgan fingerprint density at radius 2 is 0.594 bits per heavy atom. The van der Waals surface area contributed by atoms with Gasteiger partial charge in [0.25, 0.3) is 0 Å². The van der Waals surface area contributed by atoms with Crippen LogP contribution in [0.3, 0.4) is 0 Å². The average molecular weight is 1230 g/mol. The molecule has 2 unspecified atom stereocenters. The third-order valence-electron chi connectivity index (χ3n) is 19.9. The monoisotopic (exact) mass is 1230 g/mol. The summed E-state index contributed by atoms with van der Waals surface area (Å²) in [5, 5.41) is 11.6. The number of allylic oxidation sites excluding steroid dienone is 2. The molecular formula is C90H62N6. The van der Waals surface area contributed by atoms with Crippen LogP contribution < -0.4 is 19.6 Å². The smallest absolute Gasteiger partial charge is 0.0629 e. The summed E-state index contributed by atoms with van der Waals surface area (Å²) in [7, 11) is 0. The zero-order chi connectivity index (χ0) is 63.2. The molecule has 15 aromatic carbocycles. The summed E-state index contributed by atoms with van der Waals surface area (Å²) in [4.78, 5) is 10.1. The predicted octanol–water partition coefficient (Wildman–Crippen LogP) is 24.5. The van der Waals surface area contributed by atoms with Gasteiger partial charge in [0.2, 0.25) is 0 Å². The predicted molar refractivity (Wildman–Crippen MR) is 405 cm³/mol. The van der Waals surface area contributed by atoms with Gasteiger partial charge < -0.3 is 28.7 Å². The van der Waals surface area contributed by atoms with E-state index >= 15 is 0 Å². The SMILES string of the molecule is C1=CC2c3cc(N(c4cc(N(c5ccc6c(c5)c5ccccc5n6-c5ccccc5)c5cccc6ccccc56)cc(N(c5ccc6c(c5)c5ccccc5n6-c5ccccc5)c5cccc6ccccc56)c4)c4cccc5ccccc45)ccc3N(c3ccccc3)C2C=C1. The molecule has 19 rings (SSSR count). The van der Waals surface area contributed by atoms with Crippen LogP contribution in [0.15, 0.2) is 364 Å². The molecule has 2 atom stereocenters. The summed E-state index contributed by atoms with van der Waals surface area (Å²) < 4.78 is 4.82. The van der Waals surface area contributed by atoms with E-state index in [9.17, 15) is 0 Å². The first-order valence-electron chi connectivity index (χ1n) is 33.1. The number of fused-ring (bicyclic) bond motifs is 12. The minimum absolute atomic E-state index is 0.116. The van der Waals surface area contributed by atoms with Crippen LogP contribution in [0.25, 0.3) is 87.3 Å². The quantitative estimate of drug-likeness (QED) is 0.122. The standard InChI is InChI=1S/C90H62N6/c1-4-31-64(32-5-1)94-85-43-19-16-40-76(85)79-58-67(49-52-88(79)94)91(82-46-22-28-61-25-10-13-37-73(61)82)70-55-71(92(83-47-23-29-62-26-11-14-38-74(62)83)68-50-53-89-80(59-68)77-41-17-20-44-86(77)95(89)65-33-6-2-7-34-65)57-72(56-70)93(84-48-24-30-63-27-12-15-39-75(63)84)69-51-54-90-81(60-69)78-42-18-21-45-87(78)96(90)66-35-8-3-9-36-66/h1-60,76,85H. The van der Waals surface area contributed by atoms with Crippen LogP contribution in [0, 0.1) is 0 Å².